The van der Waals surface area contributed by atoms with Crippen molar-refractivity contribution in [3.8, 4) is 11.5 Å². The number of phenols is 2. The predicted molar refractivity (Wildman–Crippen MR) is 175 cm³/mol. The minimum Gasteiger partial charge on any atom is -0.504 e. The van der Waals surface area contributed by atoms with Crippen molar-refractivity contribution in [1.29, 1.82) is 0 Å². The fourth-order valence-electron chi connectivity index (χ4n) is 7.94. The molecular formula is C38H50O7. The number of carbonyl (C=O) groups is 3. The zero-order valence-corrected chi connectivity index (χ0v) is 28.2. The highest BCUT2D eigenvalue weighted by Crippen LogP contribution is 2.69. The molecular weight excluding hydrogens is 568 g/mol. The molecule has 0 radical (unpaired) electrons. The fraction of sp³-hybridized carbons (Fsp3) is 0.553. The zero-order valence-electron chi connectivity index (χ0n) is 28.2. The van der Waals surface area contributed by atoms with Crippen LogP contribution in [-0.2, 0) is 14.3 Å². The summed E-state index contributed by atoms with van der Waals surface area (Å²) in [5, 5.41) is 31.3. The number of hydrogen-bond donors (Lipinski definition) is 3. The first-order valence-electron chi connectivity index (χ1n) is 15.9. The minimum absolute atomic E-state index is 0.0129. The SMILES string of the molecule is C=C(C)CCC1CC23CC(CC(O)C(=C)C)C(C)(C)C(CC=C(C)C)(C(=O)C(C(=O)c4ccc(O)c(O)c4)=C2OC1(C)C)C3=O. The van der Waals surface area contributed by atoms with Crippen molar-refractivity contribution in [3.63, 3.8) is 0 Å². The Morgan fingerprint density at radius 1 is 1.02 bits per heavy atom. The van der Waals surface area contributed by atoms with E-state index >= 15 is 9.59 Å². The van der Waals surface area contributed by atoms with Crippen LogP contribution >= 0.6 is 0 Å². The van der Waals surface area contributed by atoms with Crippen LogP contribution in [0.2, 0.25) is 0 Å². The molecule has 0 aromatic heterocycles. The molecule has 1 aliphatic heterocycles. The van der Waals surface area contributed by atoms with Gasteiger partial charge in [0, 0.05) is 5.56 Å². The number of Topliss-reactive ketones (excluding diaryl/α,β-unsaturated/α-hetero) is 3. The first-order chi connectivity index (χ1) is 20.7. The van der Waals surface area contributed by atoms with E-state index in [0.717, 1.165) is 30.1 Å². The van der Waals surface area contributed by atoms with E-state index in [1.165, 1.54) is 12.1 Å². The summed E-state index contributed by atoms with van der Waals surface area (Å²) in [6, 6.07) is 3.71. The largest absolute Gasteiger partial charge is 0.504 e. The van der Waals surface area contributed by atoms with Crippen LogP contribution in [0.25, 0.3) is 0 Å². The monoisotopic (exact) mass is 618 g/mol. The van der Waals surface area contributed by atoms with Crippen LogP contribution in [0.5, 0.6) is 11.5 Å². The summed E-state index contributed by atoms with van der Waals surface area (Å²) in [7, 11) is 0. The highest BCUT2D eigenvalue weighted by Gasteiger charge is 2.74. The van der Waals surface area contributed by atoms with Crippen LogP contribution in [0.15, 0.2) is 65.5 Å². The van der Waals surface area contributed by atoms with Gasteiger partial charge in [-0.1, -0.05) is 43.2 Å². The normalized spacial score (nSPS) is 28.9. The Hall–Kier alpha value is -3.45. The molecule has 0 amide bonds. The van der Waals surface area contributed by atoms with Crippen LogP contribution < -0.4 is 0 Å². The van der Waals surface area contributed by atoms with Crippen molar-refractivity contribution in [1.82, 2.24) is 0 Å². The Morgan fingerprint density at radius 2 is 1.64 bits per heavy atom. The lowest BCUT2D eigenvalue weighted by atomic mass is 9.38. The van der Waals surface area contributed by atoms with Crippen molar-refractivity contribution < 1.29 is 34.4 Å². The van der Waals surface area contributed by atoms with Gasteiger partial charge in [-0.15, -0.1) is 6.58 Å². The number of hydrogen-bond acceptors (Lipinski definition) is 7. The molecule has 2 bridgehead atoms. The van der Waals surface area contributed by atoms with Gasteiger partial charge in [0.25, 0.3) is 0 Å². The van der Waals surface area contributed by atoms with E-state index in [0.29, 0.717) is 24.8 Å². The number of aliphatic hydroxyl groups is 1. The Bertz CT molecular complexity index is 1520. The molecule has 244 valence electrons. The summed E-state index contributed by atoms with van der Waals surface area (Å²) in [4.78, 5) is 45.0. The Balaban J connectivity index is 2.08. The number of ketones is 3. The molecule has 4 rings (SSSR count). The average molecular weight is 619 g/mol. The number of benzene rings is 1. The lowest BCUT2D eigenvalue weighted by molar-refractivity contribution is -0.190. The van der Waals surface area contributed by atoms with E-state index in [-0.39, 0.29) is 40.9 Å². The lowest BCUT2D eigenvalue weighted by Gasteiger charge is -2.64. The molecule has 1 saturated carbocycles. The van der Waals surface area contributed by atoms with Gasteiger partial charge in [0.1, 0.15) is 22.3 Å². The number of aliphatic hydroxyl groups excluding tert-OH is 1. The molecule has 5 atom stereocenters. The van der Waals surface area contributed by atoms with Gasteiger partial charge in [0.15, 0.2) is 28.8 Å². The summed E-state index contributed by atoms with van der Waals surface area (Å²) in [6.07, 6.45) is 3.63. The molecule has 3 N–H and O–H groups in total. The number of ether oxygens (including phenoxy) is 1. The molecule has 1 spiro atoms. The van der Waals surface area contributed by atoms with Gasteiger partial charge < -0.3 is 20.1 Å². The highest BCUT2D eigenvalue weighted by atomic mass is 16.5. The topological polar surface area (TPSA) is 121 Å². The Morgan fingerprint density at radius 3 is 2.20 bits per heavy atom. The Labute approximate surface area is 267 Å². The van der Waals surface area contributed by atoms with Crippen LogP contribution in [0.3, 0.4) is 0 Å². The molecule has 2 fully saturated rings. The van der Waals surface area contributed by atoms with Gasteiger partial charge in [-0.2, -0.15) is 0 Å². The third kappa shape index (κ3) is 5.51. The van der Waals surface area contributed by atoms with Gasteiger partial charge >= 0.3 is 0 Å². The predicted octanol–water partition coefficient (Wildman–Crippen LogP) is 7.56. The number of allylic oxidation sites excluding steroid dienone is 5. The summed E-state index contributed by atoms with van der Waals surface area (Å²) in [5.74, 6) is -2.62. The molecule has 7 nitrogen and oxygen atoms in total. The number of phenolic OH excluding ortho intramolecular Hbond substituents is 2. The standard InChI is InChI=1S/C38H50O7/c1-21(2)11-13-25-19-37-20-26(18-28(40)23(5)6)35(7,8)38(34(37)44,16-15-22(3)4)32(43)30(33(37)45-36(25,9)10)31(42)24-12-14-27(39)29(41)17-24/h12,14-15,17,25-26,28,39-41H,1,5,11,13,16,18-20H2,2-4,6-10H3. The zero-order chi connectivity index (χ0) is 33.9. The summed E-state index contributed by atoms with van der Waals surface area (Å²) < 4.78 is 6.77. The number of carbonyl (C=O) groups excluding carboxylic acids is 3. The van der Waals surface area contributed by atoms with E-state index in [2.05, 4.69) is 13.2 Å². The van der Waals surface area contributed by atoms with Crippen LogP contribution in [0, 0.1) is 28.1 Å². The molecule has 2 aliphatic carbocycles. The average Bonchev–Trinajstić information content (AvgIpc) is 2.93. The van der Waals surface area contributed by atoms with Gasteiger partial charge in [0.2, 0.25) is 0 Å². The second kappa shape index (κ2) is 11.7. The maximum absolute atomic E-state index is 15.3. The van der Waals surface area contributed by atoms with E-state index < -0.39 is 51.0 Å². The van der Waals surface area contributed by atoms with E-state index in [1.54, 1.807) is 6.92 Å². The van der Waals surface area contributed by atoms with Crippen molar-refractivity contribution in [3.05, 3.63) is 71.0 Å². The molecule has 45 heavy (non-hydrogen) atoms. The van der Waals surface area contributed by atoms with E-state index in [9.17, 15) is 20.1 Å². The van der Waals surface area contributed by atoms with Crippen molar-refractivity contribution in [2.24, 2.45) is 28.1 Å². The molecule has 5 unspecified atom stereocenters. The summed E-state index contributed by atoms with van der Waals surface area (Å²) >= 11 is 0. The van der Waals surface area contributed by atoms with Crippen molar-refractivity contribution in [2.75, 3.05) is 0 Å². The first kappa shape index (κ1) is 34.4. The van der Waals surface area contributed by atoms with Crippen molar-refractivity contribution >= 4 is 17.3 Å². The van der Waals surface area contributed by atoms with Gasteiger partial charge in [0.05, 0.1) is 11.5 Å². The molecule has 1 heterocycles. The number of rotatable bonds is 10. The van der Waals surface area contributed by atoms with E-state index in [4.69, 9.17) is 4.74 Å². The van der Waals surface area contributed by atoms with Crippen LogP contribution in [0.4, 0.5) is 0 Å². The van der Waals surface area contributed by atoms with Crippen LogP contribution in [0.1, 0.15) is 104 Å². The minimum atomic E-state index is -1.61. The lowest BCUT2D eigenvalue weighted by Crippen LogP contribution is -2.69. The summed E-state index contributed by atoms with van der Waals surface area (Å²) in [6.45, 7) is 23.3. The molecule has 1 aromatic carbocycles. The summed E-state index contributed by atoms with van der Waals surface area (Å²) in [5.41, 5.74) is -2.25. The smallest absolute Gasteiger partial charge is 0.200 e. The maximum atomic E-state index is 15.3. The van der Waals surface area contributed by atoms with E-state index in [1.807, 2.05) is 54.5 Å². The van der Waals surface area contributed by atoms with Gasteiger partial charge in [-0.05, 0) is 116 Å². The molecule has 1 saturated heterocycles. The third-order valence-electron chi connectivity index (χ3n) is 11.0. The highest BCUT2D eigenvalue weighted by molar-refractivity contribution is 6.35. The maximum Gasteiger partial charge on any atom is 0.200 e. The number of aromatic hydroxyl groups is 2. The van der Waals surface area contributed by atoms with Crippen LogP contribution in [-0.4, -0.2) is 44.4 Å². The molecule has 1 aromatic rings. The fourth-order valence-corrected chi connectivity index (χ4v) is 7.94. The first-order valence-corrected chi connectivity index (χ1v) is 15.9. The molecule has 7 heteroatoms. The second-order valence-electron chi connectivity index (χ2n) is 15.2. The van der Waals surface area contributed by atoms with Crippen molar-refractivity contribution in [2.45, 2.75) is 106 Å². The van der Waals surface area contributed by atoms with Gasteiger partial charge in [-0.25, -0.2) is 0 Å². The second-order valence-corrected chi connectivity index (χ2v) is 15.2. The Kier molecular flexibility index (Phi) is 8.97. The number of fused-ring (bicyclic) bond motifs is 1. The third-order valence-corrected chi connectivity index (χ3v) is 11.0. The molecule has 3 aliphatic rings. The quantitative estimate of drug-likeness (QED) is 0.0813. The van der Waals surface area contributed by atoms with Gasteiger partial charge in [-0.3, -0.25) is 14.4 Å².